The van der Waals surface area contributed by atoms with Gasteiger partial charge in [-0.15, -0.1) is 0 Å². The van der Waals surface area contributed by atoms with Gasteiger partial charge in [0.25, 0.3) is 5.91 Å². The summed E-state index contributed by atoms with van der Waals surface area (Å²) in [5.74, 6) is 1.19. The summed E-state index contributed by atoms with van der Waals surface area (Å²) in [6.45, 7) is 6.24. The lowest BCUT2D eigenvalue weighted by molar-refractivity contribution is 0.0989. The SMILES string of the molecule is CCCc1cccc(N2CCN(C)c3nc(NCC)ncc3C2=O)c1. The molecule has 6 nitrogen and oxygen atoms in total. The van der Waals surface area contributed by atoms with Gasteiger partial charge in [-0.1, -0.05) is 25.5 Å². The Labute approximate surface area is 148 Å². The Bertz CT molecular complexity index is 761. The van der Waals surface area contributed by atoms with Gasteiger partial charge in [-0.25, -0.2) is 4.98 Å². The standard InChI is InChI=1S/C19H25N5O/c1-4-7-14-8-6-9-15(12-14)24-11-10-23(3)17-16(18(24)25)13-21-19(22-17)20-5-2/h6,8-9,12-13H,4-5,7,10-11H2,1-3H3,(H,20,21,22). The van der Waals surface area contributed by atoms with Crippen LogP contribution >= 0.6 is 0 Å². The number of hydrogen-bond donors (Lipinski definition) is 1. The van der Waals surface area contributed by atoms with Gasteiger partial charge < -0.3 is 15.1 Å². The minimum atomic E-state index is -0.0453. The van der Waals surface area contributed by atoms with Crippen LogP contribution in [0, 0.1) is 0 Å². The quantitative estimate of drug-likeness (QED) is 0.907. The molecule has 0 radical (unpaired) electrons. The van der Waals surface area contributed by atoms with E-state index in [-0.39, 0.29) is 5.91 Å². The fraction of sp³-hybridized carbons (Fsp3) is 0.421. The smallest absolute Gasteiger partial charge is 0.263 e. The third kappa shape index (κ3) is 3.57. The third-order valence-electron chi connectivity index (χ3n) is 4.36. The van der Waals surface area contributed by atoms with Gasteiger partial charge in [-0.2, -0.15) is 4.98 Å². The highest BCUT2D eigenvalue weighted by molar-refractivity contribution is 6.09. The maximum atomic E-state index is 13.1. The predicted molar refractivity (Wildman–Crippen MR) is 102 cm³/mol. The highest BCUT2D eigenvalue weighted by Gasteiger charge is 2.28. The summed E-state index contributed by atoms with van der Waals surface area (Å²) in [5, 5.41) is 3.10. The van der Waals surface area contributed by atoms with Gasteiger partial charge in [0.2, 0.25) is 5.95 Å². The average Bonchev–Trinajstić information content (AvgIpc) is 2.73. The Morgan fingerprint density at radius 3 is 2.84 bits per heavy atom. The molecule has 1 aromatic heterocycles. The number of nitrogens with zero attached hydrogens (tertiary/aromatic N) is 4. The zero-order valence-corrected chi connectivity index (χ0v) is 15.1. The Balaban J connectivity index is 1.96. The van der Waals surface area contributed by atoms with Crippen molar-refractivity contribution in [3.63, 3.8) is 0 Å². The van der Waals surface area contributed by atoms with Gasteiger partial charge in [0.15, 0.2) is 0 Å². The lowest BCUT2D eigenvalue weighted by Crippen LogP contribution is -2.33. The molecule has 0 saturated carbocycles. The summed E-state index contributed by atoms with van der Waals surface area (Å²) in [7, 11) is 1.96. The molecule has 0 saturated heterocycles. The Morgan fingerprint density at radius 2 is 2.08 bits per heavy atom. The van der Waals surface area contributed by atoms with Crippen molar-refractivity contribution in [2.45, 2.75) is 26.7 Å². The van der Waals surface area contributed by atoms with E-state index in [1.807, 2.05) is 35.9 Å². The van der Waals surface area contributed by atoms with Crippen LogP contribution in [0.3, 0.4) is 0 Å². The molecular weight excluding hydrogens is 314 g/mol. The molecule has 132 valence electrons. The highest BCUT2D eigenvalue weighted by atomic mass is 16.2. The van der Waals surface area contributed by atoms with E-state index < -0.39 is 0 Å². The first-order valence-corrected chi connectivity index (χ1v) is 8.86. The predicted octanol–water partition coefficient (Wildman–Crippen LogP) is 2.96. The van der Waals surface area contributed by atoms with Gasteiger partial charge >= 0.3 is 0 Å². The molecule has 0 bridgehead atoms. The van der Waals surface area contributed by atoms with Crippen LogP contribution in [0.5, 0.6) is 0 Å². The number of anilines is 3. The molecule has 3 rings (SSSR count). The minimum Gasteiger partial charge on any atom is -0.357 e. The molecule has 6 heteroatoms. The average molecular weight is 339 g/mol. The zero-order valence-electron chi connectivity index (χ0n) is 15.1. The summed E-state index contributed by atoms with van der Waals surface area (Å²) in [5.41, 5.74) is 2.74. The second-order valence-corrected chi connectivity index (χ2v) is 6.26. The van der Waals surface area contributed by atoms with Crippen molar-refractivity contribution in [1.82, 2.24) is 9.97 Å². The second kappa shape index (κ2) is 7.51. The van der Waals surface area contributed by atoms with Crippen LogP contribution in [-0.2, 0) is 6.42 Å². The fourth-order valence-electron chi connectivity index (χ4n) is 3.08. The second-order valence-electron chi connectivity index (χ2n) is 6.26. The van der Waals surface area contributed by atoms with E-state index >= 15 is 0 Å². The summed E-state index contributed by atoms with van der Waals surface area (Å²) >= 11 is 0. The maximum Gasteiger partial charge on any atom is 0.263 e. The molecule has 1 aliphatic heterocycles. The molecular formula is C19H25N5O. The first-order chi connectivity index (χ1) is 12.1. The molecule has 1 N–H and O–H groups in total. The first kappa shape index (κ1) is 17.2. The number of nitrogens with one attached hydrogen (secondary N) is 1. The Kier molecular flexibility index (Phi) is 5.16. The van der Waals surface area contributed by atoms with Crippen LogP contribution in [-0.4, -0.2) is 42.6 Å². The van der Waals surface area contributed by atoms with Crippen molar-refractivity contribution in [1.29, 1.82) is 0 Å². The number of amides is 1. The van der Waals surface area contributed by atoms with E-state index in [4.69, 9.17) is 0 Å². The van der Waals surface area contributed by atoms with Crippen LogP contribution in [0.25, 0.3) is 0 Å². The number of aryl methyl sites for hydroxylation is 1. The molecule has 25 heavy (non-hydrogen) atoms. The molecule has 1 aliphatic rings. The summed E-state index contributed by atoms with van der Waals surface area (Å²) < 4.78 is 0. The summed E-state index contributed by atoms with van der Waals surface area (Å²) in [4.78, 5) is 25.8. The molecule has 0 aliphatic carbocycles. The molecule has 0 unspecified atom stereocenters. The van der Waals surface area contributed by atoms with E-state index in [9.17, 15) is 4.79 Å². The van der Waals surface area contributed by atoms with Crippen molar-refractivity contribution in [2.24, 2.45) is 0 Å². The summed E-state index contributed by atoms with van der Waals surface area (Å²) in [6, 6.07) is 8.24. The third-order valence-corrected chi connectivity index (χ3v) is 4.36. The van der Waals surface area contributed by atoms with Crippen LogP contribution in [0.15, 0.2) is 30.5 Å². The number of carbonyl (C=O) groups excluding carboxylic acids is 1. The normalized spacial score (nSPS) is 14.3. The van der Waals surface area contributed by atoms with Crippen molar-refractivity contribution < 1.29 is 4.79 Å². The minimum absolute atomic E-state index is 0.0453. The van der Waals surface area contributed by atoms with Crippen LogP contribution in [0.2, 0.25) is 0 Å². The molecule has 0 spiro atoms. The van der Waals surface area contributed by atoms with Crippen molar-refractivity contribution in [2.75, 3.05) is 41.8 Å². The van der Waals surface area contributed by atoms with Crippen LogP contribution < -0.4 is 15.1 Å². The molecule has 1 aromatic carbocycles. The lowest BCUT2D eigenvalue weighted by atomic mass is 10.1. The van der Waals surface area contributed by atoms with Crippen LogP contribution in [0.1, 0.15) is 36.2 Å². The van der Waals surface area contributed by atoms with E-state index in [2.05, 4.69) is 34.3 Å². The van der Waals surface area contributed by atoms with Gasteiger partial charge in [0.05, 0.1) is 0 Å². The number of fused-ring (bicyclic) bond motifs is 1. The lowest BCUT2D eigenvalue weighted by Gasteiger charge is -2.21. The Hall–Kier alpha value is -2.63. The first-order valence-electron chi connectivity index (χ1n) is 8.86. The number of rotatable bonds is 5. The highest BCUT2D eigenvalue weighted by Crippen LogP contribution is 2.27. The number of benzene rings is 1. The van der Waals surface area contributed by atoms with Crippen molar-refractivity contribution in [3.8, 4) is 0 Å². The van der Waals surface area contributed by atoms with Crippen LogP contribution in [0.4, 0.5) is 17.5 Å². The van der Waals surface area contributed by atoms with E-state index in [1.54, 1.807) is 6.20 Å². The van der Waals surface area contributed by atoms with E-state index in [0.717, 1.165) is 31.6 Å². The van der Waals surface area contributed by atoms with Gasteiger partial charge in [-0.3, -0.25) is 4.79 Å². The topological polar surface area (TPSA) is 61.4 Å². The Morgan fingerprint density at radius 1 is 1.24 bits per heavy atom. The number of aromatic nitrogens is 2. The number of likely N-dealkylation sites (N-methyl/N-ethyl adjacent to an activating group) is 1. The number of carbonyl (C=O) groups is 1. The number of hydrogen-bond acceptors (Lipinski definition) is 5. The molecule has 2 aromatic rings. The molecule has 2 heterocycles. The van der Waals surface area contributed by atoms with E-state index in [0.29, 0.717) is 23.9 Å². The molecule has 1 amide bonds. The van der Waals surface area contributed by atoms with Gasteiger partial charge in [0, 0.05) is 38.6 Å². The van der Waals surface area contributed by atoms with Gasteiger partial charge in [0.1, 0.15) is 11.4 Å². The van der Waals surface area contributed by atoms with Crippen molar-refractivity contribution in [3.05, 3.63) is 41.6 Å². The van der Waals surface area contributed by atoms with Gasteiger partial charge in [-0.05, 0) is 31.0 Å². The van der Waals surface area contributed by atoms with Crippen molar-refractivity contribution >= 4 is 23.4 Å². The fourth-order valence-corrected chi connectivity index (χ4v) is 3.08. The molecule has 0 fully saturated rings. The van der Waals surface area contributed by atoms with E-state index in [1.165, 1.54) is 5.56 Å². The maximum absolute atomic E-state index is 13.1. The summed E-state index contributed by atoms with van der Waals surface area (Å²) in [6.07, 6.45) is 3.74. The largest absolute Gasteiger partial charge is 0.357 e. The zero-order chi connectivity index (χ0) is 17.8. The molecule has 0 atom stereocenters. The monoisotopic (exact) mass is 339 g/mol.